The fraction of sp³-hybridized carbons (Fsp3) is 0.529. The van der Waals surface area contributed by atoms with Crippen LogP contribution in [0.3, 0.4) is 0 Å². The number of carbonyl (C=O) groups is 2. The van der Waals surface area contributed by atoms with E-state index in [9.17, 15) is 23.5 Å². The number of ether oxygens (including phenoxy) is 1. The zero-order chi connectivity index (χ0) is 19.6. The molecular formula is C17H21BrF2N2O4. The van der Waals surface area contributed by atoms with Crippen LogP contribution in [0.5, 0.6) is 0 Å². The molecule has 1 aliphatic heterocycles. The van der Waals surface area contributed by atoms with Crippen molar-refractivity contribution >= 4 is 27.9 Å². The van der Waals surface area contributed by atoms with Crippen LogP contribution in [0.2, 0.25) is 0 Å². The minimum atomic E-state index is -1.25. The highest BCUT2D eigenvalue weighted by atomic mass is 79.9. The van der Waals surface area contributed by atoms with Crippen molar-refractivity contribution in [3.8, 4) is 0 Å². The number of amides is 2. The van der Waals surface area contributed by atoms with Crippen LogP contribution in [0.25, 0.3) is 0 Å². The van der Waals surface area contributed by atoms with E-state index in [0.29, 0.717) is 0 Å². The third-order valence-corrected chi connectivity index (χ3v) is 4.48. The van der Waals surface area contributed by atoms with E-state index in [2.05, 4.69) is 15.9 Å². The Morgan fingerprint density at radius 1 is 1.27 bits per heavy atom. The summed E-state index contributed by atoms with van der Waals surface area (Å²) in [7, 11) is 0. The fourth-order valence-electron chi connectivity index (χ4n) is 2.62. The molecule has 26 heavy (non-hydrogen) atoms. The van der Waals surface area contributed by atoms with E-state index in [1.807, 2.05) is 0 Å². The SMILES string of the molecule is CC(C)(C)OC(=O)N1CCN(C(=O)c2ccc(Br)c(F)c2F)[C@@H](CO)C1. The number of halogens is 3. The van der Waals surface area contributed by atoms with Gasteiger partial charge in [0.25, 0.3) is 5.91 Å². The van der Waals surface area contributed by atoms with Crippen molar-refractivity contribution < 1.29 is 28.2 Å². The first kappa shape index (κ1) is 20.6. The number of aliphatic hydroxyl groups is 1. The fourth-order valence-corrected chi connectivity index (χ4v) is 2.92. The summed E-state index contributed by atoms with van der Waals surface area (Å²) in [5, 5.41) is 9.61. The van der Waals surface area contributed by atoms with Gasteiger partial charge in [0.15, 0.2) is 11.6 Å². The van der Waals surface area contributed by atoms with Crippen molar-refractivity contribution in [2.45, 2.75) is 32.4 Å². The van der Waals surface area contributed by atoms with Crippen molar-refractivity contribution in [1.82, 2.24) is 9.80 Å². The van der Waals surface area contributed by atoms with Crippen molar-refractivity contribution in [2.75, 3.05) is 26.2 Å². The molecule has 1 aromatic carbocycles. The van der Waals surface area contributed by atoms with Crippen LogP contribution in [0, 0.1) is 11.6 Å². The third kappa shape index (κ3) is 4.50. The number of hydrogen-bond donors (Lipinski definition) is 1. The Morgan fingerprint density at radius 2 is 1.92 bits per heavy atom. The summed E-state index contributed by atoms with van der Waals surface area (Å²) in [6.07, 6.45) is -0.552. The lowest BCUT2D eigenvalue weighted by Gasteiger charge is -2.41. The number of nitrogens with zero attached hydrogens (tertiary/aromatic N) is 2. The molecule has 0 aliphatic carbocycles. The molecule has 6 nitrogen and oxygen atoms in total. The zero-order valence-corrected chi connectivity index (χ0v) is 16.3. The maximum atomic E-state index is 14.1. The molecule has 1 atom stereocenters. The molecule has 1 aliphatic rings. The van der Waals surface area contributed by atoms with Gasteiger partial charge in [-0.05, 0) is 48.8 Å². The Morgan fingerprint density at radius 3 is 2.50 bits per heavy atom. The lowest BCUT2D eigenvalue weighted by molar-refractivity contribution is -0.00256. The summed E-state index contributed by atoms with van der Waals surface area (Å²) in [6, 6.07) is 1.69. The molecule has 2 amide bonds. The Hall–Kier alpha value is -1.74. The van der Waals surface area contributed by atoms with Gasteiger partial charge in [-0.15, -0.1) is 0 Å². The molecule has 2 rings (SSSR count). The number of piperazine rings is 1. The topological polar surface area (TPSA) is 70.1 Å². The van der Waals surface area contributed by atoms with Gasteiger partial charge in [0.2, 0.25) is 0 Å². The first-order valence-corrected chi connectivity index (χ1v) is 8.87. The van der Waals surface area contributed by atoms with Gasteiger partial charge in [-0.25, -0.2) is 13.6 Å². The monoisotopic (exact) mass is 434 g/mol. The van der Waals surface area contributed by atoms with Gasteiger partial charge < -0.3 is 19.6 Å². The lowest BCUT2D eigenvalue weighted by Crippen LogP contribution is -2.58. The van der Waals surface area contributed by atoms with Gasteiger partial charge in [-0.2, -0.15) is 0 Å². The standard InChI is InChI=1S/C17H21BrF2N2O4/c1-17(2,3)26-16(25)21-6-7-22(10(8-21)9-23)15(24)11-4-5-12(18)14(20)13(11)19/h4-5,10,23H,6-9H2,1-3H3/t10-/m1/s1. The van der Waals surface area contributed by atoms with E-state index < -0.39 is 47.4 Å². The Balaban J connectivity index is 2.16. The molecule has 0 spiro atoms. The highest BCUT2D eigenvalue weighted by Gasteiger charge is 2.35. The van der Waals surface area contributed by atoms with E-state index >= 15 is 0 Å². The maximum Gasteiger partial charge on any atom is 0.410 e. The molecule has 144 valence electrons. The Labute approximate surface area is 158 Å². The summed E-state index contributed by atoms with van der Waals surface area (Å²) in [4.78, 5) is 27.4. The van der Waals surface area contributed by atoms with Gasteiger partial charge in [0, 0.05) is 19.6 Å². The predicted molar refractivity (Wildman–Crippen MR) is 93.8 cm³/mol. The molecule has 9 heteroatoms. The van der Waals surface area contributed by atoms with Gasteiger partial charge in [-0.3, -0.25) is 4.79 Å². The summed E-state index contributed by atoms with van der Waals surface area (Å²) in [5.41, 5.74) is -1.09. The van der Waals surface area contributed by atoms with Crippen LogP contribution in [0.4, 0.5) is 13.6 Å². The van der Waals surface area contributed by atoms with Gasteiger partial charge in [0.1, 0.15) is 5.60 Å². The van der Waals surface area contributed by atoms with E-state index in [1.54, 1.807) is 20.8 Å². The second kappa shape index (κ2) is 7.87. The molecule has 0 aromatic heterocycles. The van der Waals surface area contributed by atoms with Crippen LogP contribution in [-0.2, 0) is 4.74 Å². The van der Waals surface area contributed by atoms with Crippen LogP contribution in [0.15, 0.2) is 16.6 Å². The molecule has 0 radical (unpaired) electrons. The van der Waals surface area contributed by atoms with E-state index in [-0.39, 0.29) is 24.1 Å². The average Bonchev–Trinajstić information content (AvgIpc) is 2.57. The minimum absolute atomic E-state index is 0.0395. The van der Waals surface area contributed by atoms with Gasteiger partial charge in [0.05, 0.1) is 22.7 Å². The number of carbonyl (C=O) groups excluding carboxylic acids is 2. The molecule has 1 heterocycles. The van der Waals surface area contributed by atoms with Gasteiger partial charge in [-0.1, -0.05) is 0 Å². The molecule has 1 fully saturated rings. The molecule has 0 saturated carbocycles. The second-order valence-corrected chi connectivity index (χ2v) is 7.84. The summed E-state index contributed by atoms with van der Waals surface area (Å²) < 4.78 is 33.0. The molecule has 0 bridgehead atoms. The maximum absolute atomic E-state index is 14.1. The smallest absolute Gasteiger partial charge is 0.410 e. The van der Waals surface area contributed by atoms with E-state index in [4.69, 9.17) is 4.74 Å². The number of benzene rings is 1. The first-order chi connectivity index (χ1) is 12.0. The molecular weight excluding hydrogens is 414 g/mol. The van der Waals surface area contributed by atoms with Crippen molar-refractivity contribution in [1.29, 1.82) is 0 Å². The number of aliphatic hydroxyl groups excluding tert-OH is 1. The summed E-state index contributed by atoms with van der Waals surface area (Å²) in [6.45, 7) is 5.05. The van der Waals surface area contributed by atoms with Crippen LogP contribution in [-0.4, -0.2) is 64.8 Å². The Kier molecular flexibility index (Phi) is 6.23. The average molecular weight is 435 g/mol. The van der Waals surface area contributed by atoms with Crippen LogP contribution < -0.4 is 0 Å². The quantitative estimate of drug-likeness (QED) is 0.726. The molecule has 1 aromatic rings. The normalized spacial score (nSPS) is 18.0. The first-order valence-electron chi connectivity index (χ1n) is 8.08. The lowest BCUT2D eigenvalue weighted by atomic mass is 10.1. The zero-order valence-electron chi connectivity index (χ0n) is 14.8. The highest BCUT2D eigenvalue weighted by Crippen LogP contribution is 2.24. The minimum Gasteiger partial charge on any atom is -0.444 e. The van der Waals surface area contributed by atoms with E-state index in [0.717, 1.165) is 0 Å². The van der Waals surface area contributed by atoms with E-state index in [1.165, 1.54) is 21.9 Å². The Bertz CT molecular complexity index is 709. The third-order valence-electron chi connectivity index (χ3n) is 3.87. The van der Waals surface area contributed by atoms with Crippen molar-refractivity contribution in [3.63, 3.8) is 0 Å². The molecule has 1 saturated heterocycles. The highest BCUT2D eigenvalue weighted by molar-refractivity contribution is 9.10. The van der Waals surface area contributed by atoms with Crippen LogP contribution in [0.1, 0.15) is 31.1 Å². The van der Waals surface area contributed by atoms with Gasteiger partial charge >= 0.3 is 6.09 Å². The predicted octanol–water partition coefficient (Wildman–Crippen LogP) is 2.78. The van der Waals surface area contributed by atoms with Crippen LogP contribution >= 0.6 is 15.9 Å². The largest absolute Gasteiger partial charge is 0.444 e. The summed E-state index contributed by atoms with van der Waals surface area (Å²) >= 11 is 2.86. The molecule has 0 unspecified atom stereocenters. The number of rotatable bonds is 2. The van der Waals surface area contributed by atoms with Crippen molar-refractivity contribution in [3.05, 3.63) is 33.8 Å². The molecule has 1 N–H and O–H groups in total. The summed E-state index contributed by atoms with van der Waals surface area (Å²) in [5.74, 6) is -3.14. The number of hydrogen-bond acceptors (Lipinski definition) is 4. The second-order valence-electron chi connectivity index (χ2n) is 6.98. The van der Waals surface area contributed by atoms with Crippen molar-refractivity contribution in [2.24, 2.45) is 0 Å².